The van der Waals surface area contributed by atoms with Crippen molar-refractivity contribution in [2.45, 2.75) is 45.4 Å². The SMILES string of the molecule is CCC(=O)[C@H](C)NC(=O)C(Cc1ccccc1)NC(=O)OCc1ccccc1. The highest BCUT2D eigenvalue weighted by Gasteiger charge is 2.24. The smallest absolute Gasteiger partial charge is 0.408 e. The molecule has 0 bridgehead atoms. The van der Waals surface area contributed by atoms with E-state index in [1.54, 1.807) is 13.8 Å². The fraction of sp³-hybridized carbons (Fsp3) is 0.318. The summed E-state index contributed by atoms with van der Waals surface area (Å²) in [6, 6.07) is 17.2. The third-order valence-electron chi connectivity index (χ3n) is 4.29. The lowest BCUT2D eigenvalue weighted by molar-refractivity contribution is -0.128. The second-order valence-electron chi connectivity index (χ2n) is 6.50. The highest BCUT2D eigenvalue weighted by Crippen LogP contribution is 2.06. The van der Waals surface area contributed by atoms with Crippen LogP contribution in [0.3, 0.4) is 0 Å². The third-order valence-corrected chi connectivity index (χ3v) is 4.29. The van der Waals surface area contributed by atoms with E-state index in [2.05, 4.69) is 10.6 Å². The zero-order valence-electron chi connectivity index (χ0n) is 16.2. The van der Waals surface area contributed by atoms with E-state index in [1.165, 1.54) is 0 Å². The molecule has 0 fully saturated rings. The Bertz CT molecular complexity index is 778. The van der Waals surface area contributed by atoms with E-state index < -0.39 is 24.1 Å². The summed E-state index contributed by atoms with van der Waals surface area (Å²) in [4.78, 5) is 36.7. The molecule has 0 spiro atoms. The number of benzene rings is 2. The van der Waals surface area contributed by atoms with Crippen LogP contribution in [-0.2, 0) is 27.4 Å². The molecular weight excluding hydrogens is 356 g/mol. The summed E-state index contributed by atoms with van der Waals surface area (Å²) in [6.07, 6.45) is -0.0632. The number of alkyl carbamates (subject to hydrolysis) is 1. The number of amides is 2. The molecule has 28 heavy (non-hydrogen) atoms. The Kier molecular flexibility index (Phi) is 8.21. The largest absolute Gasteiger partial charge is 0.445 e. The molecule has 0 aromatic heterocycles. The average molecular weight is 382 g/mol. The first-order valence-electron chi connectivity index (χ1n) is 9.33. The van der Waals surface area contributed by atoms with E-state index in [-0.39, 0.29) is 12.4 Å². The molecule has 6 nitrogen and oxygen atoms in total. The molecule has 0 saturated carbocycles. The van der Waals surface area contributed by atoms with Gasteiger partial charge in [0.25, 0.3) is 0 Å². The number of nitrogens with one attached hydrogen (secondary N) is 2. The zero-order chi connectivity index (χ0) is 20.4. The highest BCUT2D eigenvalue weighted by atomic mass is 16.5. The minimum Gasteiger partial charge on any atom is -0.445 e. The van der Waals surface area contributed by atoms with Crippen molar-refractivity contribution in [3.63, 3.8) is 0 Å². The van der Waals surface area contributed by atoms with Gasteiger partial charge in [-0.1, -0.05) is 67.6 Å². The number of hydrogen-bond donors (Lipinski definition) is 2. The molecule has 148 valence electrons. The van der Waals surface area contributed by atoms with Gasteiger partial charge in [-0.2, -0.15) is 0 Å². The van der Waals surface area contributed by atoms with Crippen LogP contribution in [0.5, 0.6) is 0 Å². The number of ketones is 1. The summed E-state index contributed by atoms with van der Waals surface area (Å²) in [5.74, 6) is -0.492. The predicted octanol–water partition coefficient (Wildman–Crippen LogP) is 3.01. The van der Waals surface area contributed by atoms with Crippen LogP contribution in [0.15, 0.2) is 60.7 Å². The molecule has 0 aliphatic rings. The van der Waals surface area contributed by atoms with Gasteiger partial charge in [-0.25, -0.2) is 4.79 Å². The van der Waals surface area contributed by atoms with Crippen molar-refractivity contribution in [1.82, 2.24) is 10.6 Å². The average Bonchev–Trinajstić information content (AvgIpc) is 2.72. The minimum absolute atomic E-state index is 0.0709. The fourth-order valence-electron chi connectivity index (χ4n) is 2.67. The number of ether oxygens (including phenoxy) is 1. The number of Topliss-reactive ketones (excluding diaryl/α,β-unsaturated/α-hetero) is 1. The van der Waals surface area contributed by atoms with Crippen LogP contribution < -0.4 is 10.6 Å². The molecule has 2 aromatic carbocycles. The first-order chi connectivity index (χ1) is 13.5. The second-order valence-corrected chi connectivity index (χ2v) is 6.50. The number of carbonyl (C=O) groups is 3. The summed E-state index contributed by atoms with van der Waals surface area (Å²) in [7, 11) is 0. The molecule has 0 saturated heterocycles. The Morgan fingerprint density at radius 1 is 0.893 bits per heavy atom. The molecule has 2 amide bonds. The maximum absolute atomic E-state index is 12.7. The quantitative estimate of drug-likeness (QED) is 0.698. The summed E-state index contributed by atoms with van der Waals surface area (Å²) in [6.45, 7) is 3.49. The molecule has 2 N–H and O–H groups in total. The molecule has 6 heteroatoms. The fourth-order valence-corrected chi connectivity index (χ4v) is 2.67. The summed E-state index contributed by atoms with van der Waals surface area (Å²) in [5.41, 5.74) is 1.74. The Balaban J connectivity index is 2.01. The second kappa shape index (κ2) is 10.9. The molecule has 0 aliphatic heterocycles. The van der Waals surface area contributed by atoms with E-state index in [0.717, 1.165) is 11.1 Å². The van der Waals surface area contributed by atoms with Gasteiger partial charge in [0.05, 0.1) is 6.04 Å². The van der Waals surface area contributed by atoms with E-state index in [1.807, 2.05) is 60.7 Å². The molecule has 2 rings (SSSR count). The van der Waals surface area contributed by atoms with Crippen LogP contribution >= 0.6 is 0 Å². The lowest BCUT2D eigenvalue weighted by Crippen LogP contribution is -2.51. The monoisotopic (exact) mass is 382 g/mol. The summed E-state index contributed by atoms with van der Waals surface area (Å²) >= 11 is 0. The number of rotatable bonds is 9. The van der Waals surface area contributed by atoms with Gasteiger partial charge in [0, 0.05) is 12.8 Å². The van der Waals surface area contributed by atoms with Gasteiger partial charge in [-0.3, -0.25) is 9.59 Å². The minimum atomic E-state index is -0.849. The van der Waals surface area contributed by atoms with Crippen molar-refractivity contribution in [2.75, 3.05) is 0 Å². The van der Waals surface area contributed by atoms with Crippen molar-refractivity contribution in [3.05, 3.63) is 71.8 Å². The van der Waals surface area contributed by atoms with Crippen molar-refractivity contribution in [3.8, 4) is 0 Å². The van der Waals surface area contributed by atoms with Crippen LogP contribution in [0.1, 0.15) is 31.4 Å². The predicted molar refractivity (Wildman–Crippen MR) is 107 cm³/mol. The molecule has 1 unspecified atom stereocenters. The highest BCUT2D eigenvalue weighted by molar-refractivity contribution is 5.91. The number of carbonyl (C=O) groups excluding carboxylic acids is 3. The maximum atomic E-state index is 12.7. The van der Waals surface area contributed by atoms with Gasteiger partial charge >= 0.3 is 6.09 Å². The van der Waals surface area contributed by atoms with E-state index >= 15 is 0 Å². The zero-order valence-corrected chi connectivity index (χ0v) is 16.2. The van der Waals surface area contributed by atoms with E-state index in [0.29, 0.717) is 12.8 Å². The van der Waals surface area contributed by atoms with Gasteiger partial charge < -0.3 is 15.4 Å². The Morgan fingerprint density at radius 2 is 1.46 bits per heavy atom. The first-order valence-corrected chi connectivity index (χ1v) is 9.33. The molecule has 0 aliphatic carbocycles. The van der Waals surface area contributed by atoms with Crippen molar-refractivity contribution in [1.29, 1.82) is 0 Å². The Morgan fingerprint density at radius 3 is 2.04 bits per heavy atom. The summed E-state index contributed by atoms with van der Waals surface area (Å²) in [5, 5.41) is 5.28. The third kappa shape index (κ3) is 6.87. The normalized spacial score (nSPS) is 12.5. The standard InChI is InChI=1S/C22H26N2O4/c1-3-20(25)16(2)23-21(26)19(14-17-10-6-4-7-11-17)24-22(27)28-15-18-12-8-5-9-13-18/h4-13,16,19H,3,14-15H2,1-2H3,(H,23,26)(H,24,27)/t16-,19?/m0/s1. The molecular formula is C22H26N2O4. The molecule has 0 heterocycles. The van der Waals surface area contributed by atoms with Crippen LogP contribution in [0.2, 0.25) is 0 Å². The van der Waals surface area contributed by atoms with Crippen molar-refractivity contribution in [2.24, 2.45) is 0 Å². The molecule has 0 radical (unpaired) electrons. The van der Waals surface area contributed by atoms with Crippen LogP contribution in [0, 0.1) is 0 Å². The Hall–Kier alpha value is -3.15. The van der Waals surface area contributed by atoms with Gasteiger partial charge in [0.15, 0.2) is 5.78 Å². The van der Waals surface area contributed by atoms with Gasteiger partial charge in [0.2, 0.25) is 5.91 Å². The molecule has 2 atom stereocenters. The summed E-state index contributed by atoms with van der Waals surface area (Å²) < 4.78 is 5.22. The number of hydrogen-bond acceptors (Lipinski definition) is 4. The van der Waals surface area contributed by atoms with E-state index in [9.17, 15) is 14.4 Å². The topological polar surface area (TPSA) is 84.5 Å². The van der Waals surface area contributed by atoms with Gasteiger partial charge in [-0.05, 0) is 18.1 Å². The maximum Gasteiger partial charge on any atom is 0.408 e. The first kappa shape index (κ1) is 21.2. The van der Waals surface area contributed by atoms with Crippen LogP contribution in [-0.4, -0.2) is 29.9 Å². The van der Waals surface area contributed by atoms with Crippen LogP contribution in [0.25, 0.3) is 0 Å². The van der Waals surface area contributed by atoms with Gasteiger partial charge in [-0.15, -0.1) is 0 Å². The van der Waals surface area contributed by atoms with E-state index in [4.69, 9.17) is 4.74 Å². The molecule has 2 aromatic rings. The van der Waals surface area contributed by atoms with Crippen LogP contribution in [0.4, 0.5) is 4.79 Å². The van der Waals surface area contributed by atoms with Crippen molar-refractivity contribution >= 4 is 17.8 Å². The lowest BCUT2D eigenvalue weighted by atomic mass is 10.0. The Labute approximate surface area is 165 Å². The van der Waals surface area contributed by atoms with Crippen molar-refractivity contribution < 1.29 is 19.1 Å². The lowest BCUT2D eigenvalue weighted by Gasteiger charge is -2.21. The van der Waals surface area contributed by atoms with Gasteiger partial charge in [0.1, 0.15) is 12.6 Å².